The average Bonchev–Trinajstić information content (AvgIpc) is 2.24. The van der Waals surface area contributed by atoms with Crippen LogP contribution in [0, 0.1) is 18.6 Å². The molecule has 1 aromatic carbocycles. The average molecular weight is 229 g/mol. The molecule has 0 aliphatic rings. The third-order valence-corrected chi connectivity index (χ3v) is 2.59. The Morgan fingerprint density at radius 2 is 2.00 bits per heavy atom. The molecule has 2 unspecified atom stereocenters. The van der Waals surface area contributed by atoms with Crippen molar-refractivity contribution in [2.45, 2.75) is 32.9 Å². The summed E-state index contributed by atoms with van der Waals surface area (Å²) in [6, 6.07) is 1.83. The topological polar surface area (TPSA) is 35.2 Å². The second-order valence-corrected chi connectivity index (χ2v) is 3.78. The SMILES string of the molecule is CCOC(C)C(N)c1c(F)ccc(C)c1F. The summed E-state index contributed by atoms with van der Waals surface area (Å²) in [4.78, 5) is 0. The zero-order valence-electron chi connectivity index (χ0n) is 9.76. The first-order valence-corrected chi connectivity index (χ1v) is 5.30. The van der Waals surface area contributed by atoms with E-state index in [4.69, 9.17) is 10.5 Å². The van der Waals surface area contributed by atoms with Crippen molar-refractivity contribution in [2.75, 3.05) is 6.61 Å². The van der Waals surface area contributed by atoms with Crippen LogP contribution in [0.3, 0.4) is 0 Å². The normalized spacial score (nSPS) is 14.9. The zero-order valence-corrected chi connectivity index (χ0v) is 9.76. The molecule has 0 aromatic heterocycles. The van der Waals surface area contributed by atoms with Gasteiger partial charge in [-0.15, -0.1) is 0 Å². The molecule has 0 amide bonds. The number of aryl methyl sites for hydroxylation is 1. The quantitative estimate of drug-likeness (QED) is 0.861. The van der Waals surface area contributed by atoms with Crippen molar-refractivity contribution in [3.8, 4) is 0 Å². The van der Waals surface area contributed by atoms with Gasteiger partial charge in [-0.2, -0.15) is 0 Å². The van der Waals surface area contributed by atoms with Crippen LogP contribution < -0.4 is 5.73 Å². The van der Waals surface area contributed by atoms with Gasteiger partial charge in [-0.1, -0.05) is 6.07 Å². The van der Waals surface area contributed by atoms with Gasteiger partial charge in [0.25, 0.3) is 0 Å². The fraction of sp³-hybridized carbons (Fsp3) is 0.500. The van der Waals surface area contributed by atoms with Gasteiger partial charge in [0.15, 0.2) is 0 Å². The number of rotatable bonds is 4. The molecule has 90 valence electrons. The Bertz CT molecular complexity index is 368. The number of ether oxygens (including phenoxy) is 1. The highest BCUT2D eigenvalue weighted by atomic mass is 19.1. The lowest BCUT2D eigenvalue weighted by Gasteiger charge is -2.21. The van der Waals surface area contributed by atoms with E-state index < -0.39 is 23.8 Å². The van der Waals surface area contributed by atoms with Crippen LogP contribution in [0.4, 0.5) is 8.78 Å². The van der Waals surface area contributed by atoms with Gasteiger partial charge >= 0.3 is 0 Å². The first-order valence-electron chi connectivity index (χ1n) is 5.30. The standard InChI is InChI=1S/C12H17F2NO/c1-4-16-8(3)12(15)10-9(13)6-5-7(2)11(10)14/h5-6,8,12H,4,15H2,1-3H3. The minimum atomic E-state index is -0.792. The van der Waals surface area contributed by atoms with Gasteiger partial charge in [-0.05, 0) is 32.4 Å². The second-order valence-electron chi connectivity index (χ2n) is 3.78. The Balaban J connectivity index is 3.07. The van der Waals surface area contributed by atoms with Crippen molar-refractivity contribution in [2.24, 2.45) is 5.73 Å². The maximum atomic E-state index is 13.7. The number of nitrogens with two attached hydrogens (primary N) is 1. The van der Waals surface area contributed by atoms with Gasteiger partial charge < -0.3 is 10.5 Å². The Labute approximate surface area is 94.4 Å². The van der Waals surface area contributed by atoms with Crippen LogP contribution in [0.5, 0.6) is 0 Å². The fourth-order valence-corrected chi connectivity index (χ4v) is 1.59. The molecular formula is C12H17F2NO. The van der Waals surface area contributed by atoms with Crippen LogP contribution in [0.25, 0.3) is 0 Å². The molecule has 0 aliphatic carbocycles. The van der Waals surface area contributed by atoms with E-state index in [2.05, 4.69) is 0 Å². The van der Waals surface area contributed by atoms with E-state index in [0.717, 1.165) is 0 Å². The highest BCUT2D eigenvalue weighted by molar-refractivity contribution is 5.29. The summed E-state index contributed by atoms with van der Waals surface area (Å²) in [6.07, 6.45) is -0.421. The van der Waals surface area contributed by atoms with Crippen molar-refractivity contribution >= 4 is 0 Å². The lowest BCUT2D eigenvalue weighted by molar-refractivity contribution is 0.0556. The minimum Gasteiger partial charge on any atom is -0.377 e. The van der Waals surface area contributed by atoms with Gasteiger partial charge in [0, 0.05) is 12.2 Å². The van der Waals surface area contributed by atoms with Gasteiger partial charge in [0.2, 0.25) is 0 Å². The summed E-state index contributed by atoms with van der Waals surface area (Å²) < 4.78 is 32.5. The molecule has 1 rings (SSSR count). The Kier molecular flexibility index (Phi) is 4.38. The number of benzene rings is 1. The largest absolute Gasteiger partial charge is 0.377 e. The summed E-state index contributed by atoms with van der Waals surface area (Å²) in [7, 11) is 0. The Morgan fingerprint density at radius 1 is 1.38 bits per heavy atom. The molecule has 0 heterocycles. The molecule has 0 saturated heterocycles. The Hall–Kier alpha value is -1.00. The van der Waals surface area contributed by atoms with Crippen LogP contribution in [0.1, 0.15) is 31.0 Å². The first kappa shape index (κ1) is 13.1. The molecule has 0 fully saturated rings. The molecular weight excluding hydrogens is 212 g/mol. The van der Waals surface area contributed by atoms with Crippen molar-refractivity contribution in [1.82, 2.24) is 0 Å². The highest BCUT2D eigenvalue weighted by Crippen LogP contribution is 2.25. The molecule has 0 saturated carbocycles. The van der Waals surface area contributed by atoms with Gasteiger partial charge in [0.05, 0.1) is 12.1 Å². The maximum absolute atomic E-state index is 13.7. The van der Waals surface area contributed by atoms with Crippen molar-refractivity contribution in [3.05, 3.63) is 34.9 Å². The summed E-state index contributed by atoms with van der Waals surface area (Å²) in [5.74, 6) is -1.21. The molecule has 4 heteroatoms. The van der Waals surface area contributed by atoms with Crippen LogP contribution in [0.2, 0.25) is 0 Å². The maximum Gasteiger partial charge on any atom is 0.133 e. The van der Waals surface area contributed by atoms with E-state index in [1.807, 2.05) is 6.92 Å². The van der Waals surface area contributed by atoms with E-state index in [1.54, 1.807) is 13.8 Å². The molecule has 2 atom stereocenters. The zero-order chi connectivity index (χ0) is 12.3. The monoisotopic (exact) mass is 229 g/mol. The molecule has 0 aliphatic heterocycles. The van der Waals surface area contributed by atoms with Gasteiger partial charge in [-0.25, -0.2) is 8.78 Å². The van der Waals surface area contributed by atoms with Crippen LogP contribution >= 0.6 is 0 Å². The first-order chi connectivity index (χ1) is 7.49. The number of hydrogen-bond donors (Lipinski definition) is 1. The lowest BCUT2D eigenvalue weighted by Crippen LogP contribution is -2.28. The molecule has 2 nitrogen and oxygen atoms in total. The predicted molar refractivity (Wildman–Crippen MR) is 59.1 cm³/mol. The summed E-state index contributed by atoms with van der Waals surface area (Å²) in [5, 5.41) is 0. The van der Waals surface area contributed by atoms with E-state index in [9.17, 15) is 8.78 Å². The van der Waals surface area contributed by atoms with E-state index in [-0.39, 0.29) is 5.56 Å². The number of hydrogen-bond acceptors (Lipinski definition) is 2. The highest BCUT2D eigenvalue weighted by Gasteiger charge is 2.23. The molecule has 0 bridgehead atoms. The van der Waals surface area contributed by atoms with Gasteiger partial charge in [0.1, 0.15) is 11.6 Å². The molecule has 1 aromatic rings. The smallest absolute Gasteiger partial charge is 0.133 e. The van der Waals surface area contributed by atoms with E-state index in [0.29, 0.717) is 12.2 Å². The minimum absolute atomic E-state index is 0.0963. The van der Waals surface area contributed by atoms with Gasteiger partial charge in [-0.3, -0.25) is 0 Å². The van der Waals surface area contributed by atoms with Crippen molar-refractivity contribution in [3.63, 3.8) is 0 Å². The number of halogens is 2. The van der Waals surface area contributed by atoms with E-state index >= 15 is 0 Å². The lowest BCUT2D eigenvalue weighted by atomic mass is 9.99. The summed E-state index contributed by atoms with van der Waals surface area (Å²) in [6.45, 7) is 5.56. The molecule has 0 radical (unpaired) electrons. The fourth-order valence-electron chi connectivity index (χ4n) is 1.59. The third kappa shape index (κ3) is 2.57. The summed E-state index contributed by atoms with van der Waals surface area (Å²) in [5.41, 5.74) is 6.08. The van der Waals surface area contributed by atoms with E-state index in [1.165, 1.54) is 12.1 Å². The van der Waals surface area contributed by atoms with Crippen molar-refractivity contribution < 1.29 is 13.5 Å². The van der Waals surface area contributed by atoms with Crippen LogP contribution in [0.15, 0.2) is 12.1 Å². The predicted octanol–water partition coefficient (Wildman–Crippen LogP) is 2.70. The van der Waals surface area contributed by atoms with Crippen LogP contribution in [-0.4, -0.2) is 12.7 Å². The molecule has 2 N–H and O–H groups in total. The molecule has 16 heavy (non-hydrogen) atoms. The Morgan fingerprint density at radius 3 is 2.56 bits per heavy atom. The van der Waals surface area contributed by atoms with Crippen LogP contribution in [-0.2, 0) is 4.74 Å². The molecule has 0 spiro atoms. The third-order valence-electron chi connectivity index (χ3n) is 2.59. The van der Waals surface area contributed by atoms with Crippen molar-refractivity contribution in [1.29, 1.82) is 0 Å². The summed E-state index contributed by atoms with van der Waals surface area (Å²) >= 11 is 0. The second kappa shape index (κ2) is 5.37.